The van der Waals surface area contributed by atoms with Crippen LogP contribution >= 0.6 is 0 Å². The molecular formula is C17H25N3O2S. The Hall–Kier alpha value is -1.66. The number of aryl methyl sites for hydroxylation is 4. The van der Waals surface area contributed by atoms with Gasteiger partial charge in [-0.2, -0.15) is 9.40 Å². The molecular weight excluding hydrogens is 310 g/mol. The predicted octanol–water partition coefficient (Wildman–Crippen LogP) is 2.96. The molecule has 0 saturated heterocycles. The van der Waals surface area contributed by atoms with Crippen LogP contribution in [0.25, 0.3) is 0 Å². The van der Waals surface area contributed by atoms with E-state index >= 15 is 0 Å². The molecule has 0 fully saturated rings. The molecule has 5 nitrogen and oxygen atoms in total. The van der Waals surface area contributed by atoms with E-state index in [1.54, 1.807) is 19.2 Å². The highest BCUT2D eigenvalue weighted by atomic mass is 32.2. The summed E-state index contributed by atoms with van der Waals surface area (Å²) in [5, 5.41) is 4.46. The zero-order chi connectivity index (χ0) is 17.4. The maximum absolute atomic E-state index is 12.8. The lowest BCUT2D eigenvalue weighted by Crippen LogP contribution is -2.27. The summed E-state index contributed by atoms with van der Waals surface area (Å²) in [5.41, 5.74) is 4.94. The third kappa shape index (κ3) is 3.33. The Labute approximate surface area is 139 Å². The molecule has 0 bridgehead atoms. The predicted molar refractivity (Wildman–Crippen MR) is 91.9 cm³/mol. The summed E-state index contributed by atoms with van der Waals surface area (Å²) in [6, 6.07) is 5.25. The lowest BCUT2D eigenvalue weighted by Gasteiger charge is -2.18. The van der Waals surface area contributed by atoms with E-state index in [2.05, 4.69) is 5.10 Å². The molecule has 126 valence electrons. The zero-order valence-electron chi connectivity index (χ0n) is 14.7. The van der Waals surface area contributed by atoms with Gasteiger partial charge < -0.3 is 0 Å². The topological polar surface area (TPSA) is 55.2 Å². The maximum atomic E-state index is 12.8. The fraction of sp³-hybridized carbons (Fsp3) is 0.471. The van der Waals surface area contributed by atoms with Crippen molar-refractivity contribution in [3.8, 4) is 0 Å². The molecule has 0 radical (unpaired) electrons. The Kier molecular flexibility index (Phi) is 4.96. The van der Waals surface area contributed by atoms with Crippen LogP contribution in [0.5, 0.6) is 0 Å². The molecule has 1 aromatic carbocycles. The molecule has 0 unspecified atom stereocenters. The number of hydrogen-bond donors (Lipinski definition) is 0. The lowest BCUT2D eigenvalue weighted by atomic mass is 10.1. The van der Waals surface area contributed by atoms with Crippen LogP contribution in [0.3, 0.4) is 0 Å². The molecule has 0 N–H and O–H groups in total. The van der Waals surface area contributed by atoms with Crippen LogP contribution in [0.4, 0.5) is 0 Å². The summed E-state index contributed by atoms with van der Waals surface area (Å²) in [6.07, 6.45) is 0. The van der Waals surface area contributed by atoms with E-state index in [4.69, 9.17) is 0 Å². The largest absolute Gasteiger partial charge is 0.270 e. The summed E-state index contributed by atoms with van der Waals surface area (Å²) in [7, 11) is -1.89. The van der Waals surface area contributed by atoms with E-state index in [0.29, 0.717) is 11.4 Å². The van der Waals surface area contributed by atoms with E-state index in [9.17, 15) is 8.42 Å². The second-order valence-corrected chi connectivity index (χ2v) is 8.02. The van der Waals surface area contributed by atoms with Crippen molar-refractivity contribution in [2.45, 2.75) is 52.6 Å². The maximum Gasteiger partial charge on any atom is 0.243 e. The van der Waals surface area contributed by atoms with Gasteiger partial charge in [0.05, 0.1) is 10.6 Å². The van der Waals surface area contributed by atoms with Gasteiger partial charge in [-0.15, -0.1) is 0 Å². The van der Waals surface area contributed by atoms with Crippen molar-refractivity contribution >= 4 is 10.0 Å². The van der Waals surface area contributed by atoms with Crippen LogP contribution in [0, 0.1) is 27.7 Å². The summed E-state index contributed by atoms with van der Waals surface area (Å²) >= 11 is 0. The Balaban J connectivity index is 2.34. The van der Waals surface area contributed by atoms with E-state index in [1.165, 1.54) is 4.31 Å². The average molecular weight is 335 g/mol. The standard InChI is InChI=1S/C17H25N3O2S/c1-7-20-15(5)17(14(4)18-20)11-19(6)23(21,22)16-9-8-12(2)13(3)10-16/h8-10H,7,11H2,1-6H3. The number of aromatic nitrogens is 2. The molecule has 0 atom stereocenters. The highest BCUT2D eigenvalue weighted by Crippen LogP contribution is 2.22. The van der Waals surface area contributed by atoms with Gasteiger partial charge in [-0.3, -0.25) is 4.68 Å². The number of sulfonamides is 1. The Bertz CT molecular complexity index is 823. The molecule has 0 amide bonds. The first-order valence-corrected chi connectivity index (χ1v) is 9.19. The molecule has 0 aliphatic heterocycles. The Morgan fingerprint density at radius 3 is 2.30 bits per heavy atom. The molecule has 0 spiro atoms. The summed E-state index contributed by atoms with van der Waals surface area (Å²) < 4.78 is 28.9. The van der Waals surface area contributed by atoms with Gasteiger partial charge in [0, 0.05) is 31.4 Å². The molecule has 1 aromatic heterocycles. The minimum atomic E-state index is -3.51. The van der Waals surface area contributed by atoms with Crippen molar-refractivity contribution in [1.82, 2.24) is 14.1 Å². The number of nitrogens with zero attached hydrogens (tertiary/aromatic N) is 3. The van der Waals surface area contributed by atoms with Crippen LogP contribution in [0.15, 0.2) is 23.1 Å². The lowest BCUT2D eigenvalue weighted by molar-refractivity contribution is 0.464. The van der Waals surface area contributed by atoms with Crippen molar-refractivity contribution in [3.05, 3.63) is 46.3 Å². The van der Waals surface area contributed by atoms with Crippen LogP contribution in [-0.4, -0.2) is 29.6 Å². The quantitative estimate of drug-likeness (QED) is 0.844. The van der Waals surface area contributed by atoms with Crippen LogP contribution in [0.1, 0.15) is 35.0 Å². The summed E-state index contributed by atoms with van der Waals surface area (Å²) in [4.78, 5) is 0.335. The van der Waals surface area contributed by atoms with Crippen molar-refractivity contribution in [2.75, 3.05) is 7.05 Å². The molecule has 0 aliphatic rings. The third-order valence-corrected chi connectivity index (χ3v) is 6.20. The Morgan fingerprint density at radius 2 is 1.78 bits per heavy atom. The molecule has 2 aromatic rings. The third-order valence-electron chi connectivity index (χ3n) is 4.40. The smallest absolute Gasteiger partial charge is 0.243 e. The fourth-order valence-electron chi connectivity index (χ4n) is 2.63. The highest BCUT2D eigenvalue weighted by Gasteiger charge is 2.23. The number of benzene rings is 1. The molecule has 0 aliphatic carbocycles. The normalized spacial score (nSPS) is 12.1. The minimum Gasteiger partial charge on any atom is -0.270 e. The zero-order valence-corrected chi connectivity index (χ0v) is 15.5. The van der Waals surface area contributed by atoms with Gasteiger partial charge in [-0.05, 0) is 57.9 Å². The number of hydrogen-bond acceptors (Lipinski definition) is 3. The van der Waals surface area contributed by atoms with Crippen molar-refractivity contribution in [2.24, 2.45) is 0 Å². The van der Waals surface area contributed by atoms with Crippen LogP contribution < -0.4 is 0 Å². The second kappa shape index (κ2) is 6.45. The first-order valence-electron chi connectivity index (χ1n) is 7.75. The summed E-state index contributed by atoms with van der Waals surface area (Å²) in [6.45, 7) is 10.9. The van der Waals surface area contributed by atoms with Crippen molar-refractivity contribution in [1.29, 1.82) is 0 Å². The number of rotatable bonds is 5. The second-order valence-electron chi connectivity index (χ2n) is 5.97. The molecule has 1 heterocycles. The molecule has 23 heavy (non-hydrogen) atoms. The van der Waals surface area contributed by atoms with Crippen LogP contribution in [-0.2, 0) is 23.1 Å². The average Bonchev–Trinajstić information content (AvgIpc) is 2.77. The Morgan fingerprint density at radius 1 is 1.13 bits per heavy atom. The van der Waals surface area contributed by atoms with Gasteiger partial charge in [0.15, 0.2) is 0 Å². The first kappa shape index (κ1) is 17.7. The minimum absolute atomic E-state index is 0.326. The van der Waals surface area contributed by atoms with Crippen molar-refractivity contribution in [3.63, 3.8) is 0 Å². The van der Waals surface area contributed by atoms with E-state index in [-0.39, 0.29) is 0 Å². The fourth-order valence-corrected chi connectivity index (χ4v) is 3.86. The van der Waals surface area contributed by atoms with Gasteiger partial charge >= 0.3 is 0 Å². The molecule has 6 heteroatoms. The van der Waals surface area contributed by atoms with Gasteiger partial charge in [0.2, 0.25) is 10.0 Å². The van der Waals surface area contributed by atoms with E-state index in [1.807, 2.05) is 45.4 Å². The van der Waals surface area contributed by atoms with E-state index in [0.717, 1.165) is 34.6 Å². The van der Waals surface area contributed by atoms with Crippen molar-refractivity contribution < 1.29 is 8.42 Å². The van der Waals surface area contributed by atoms with Gasteiger partial charge in [0.25, 0.3) is 0 Å². The summed E-state index contributed by atoms with van der Waals surface area (Å²) in [5.74, 6) is 0. The van der Waals surface area contributed by atoms with Gasteiger partial charge in [-0.1, -0.05) is 6.07 Å². The van der Waals surface area contributed by atoms with Crippen LogP contribution in [0.2, 0.25) is 0 Å². The monoisotopic (exact) mass is 335 g/mol. The highest BCUT2D eigenvalue weighted by molar-refractivity contribution is 7.89. The van der Waals surface area contributed by atoms with E-state index < -0.39 is 10.0 Å². The van der Waals surface area contributed by atoms with Gasteiger partial charge in [0.1, 0.15) is 0 Å². The van der Waals surface area contributed by atoms with Gasteiger partial charge in [-0.25, -0.2) is 8.42 Å². The molecule has 0 saturated carbocycles. The molecule has 2 rings (SSSR count). The first-order chi connectivity index (χ1) is 10.7. The SMILES string of the molecule is CCn1nc(C)c(CN(C)S(=O)(=O)c2ccc(C)c(C)c2)c1C.